The van der Waals surface area contributed by atoms with E-state index in [4.69, 9.17) is 15.3 Å². The summed E-state index contributed by atoms with van der Waals surface area (Å²) in [6.07, 6.45) is 2.02. The first-order valence-corrected chi connectivity index (χ1v) is 7.54. The van der Waals surface area contributed by atoms with E-state index in [1.807, 2.05) is 50.3 Å². The average Bonchev–Trinajstić information content (AvgIpc) is 2.94. The molecule has 0 spiro atoms. The number of primary amides is 1. The number of Topliss-reactive ketones (excluding diaryl/α,β-unsaturated/α-hetero) is 1. The zero-order chi connectivity index (χ0) is 17.0. The summed E-state index contributed by atoms with van der Waals surface area (Å²) < 4.78 is 5.21. The van der Waals surface area contributed by atoms with Crippen molar-refractivity contribution in [3.05, 3.63) is 42.0 Å². The highest BCUT2D eigenvalue weighted by molar-refractivity contribution is 6.37. The van der Waals surface area contributed by atoms with Gasteiger partial charge in [0.15, 0.2) is 5.76 Å². The minimum Gasteiger partial charge on any atom is -0.404 e. The lowest BCUT2D eigenvalue weighted by atomic mass is 10.0. The van der Waals surface area contributed by atoms with Gasteiger partial charge in [-0.15, -0.1) is 5.06 Å². The topological polar surface area (TPSA) is 81.9 Å². The number of hydrogen-bond donors (Lipinski definition) is 1. The molecule has 1 aliphatic rings. The molecule has 2 unspecified atom stereocenters. The van der Waals surface area contributed by atoms with E-state index in [9.17, 15) is 9.59 Å². The maximum absolute atomic E-state index is 12.2. The van der Waals surface area contributed by atoms with Crippen molar-refractivity contribution in [1.82, 2.24) is 5.06 Å². The summed E-state index contributed by atoms with van der Waals surface area (Å²) in [4.78, 5) is 29.4. The summed E-state index contributed by atoms with van der Waals surface area (Å²) in [6, 6.07) is 8.63. The predicted octanol–water partition coefficient (Wildman–Crippen LogP) is 1.51. The average molecular weight is 318 g/mol. The van der Waals surface area contributed by atoms with Gasteiger partial charge in [-0.3, -0.25) is 9.59 Å². The van der Waals surface area contributed by atoms with Crippen LogP contribution in [-0.2, 0) is 19.2 Å². The highest BCUT2D eigenvalue weighted by Crippen LogP contribution is 2.29. The minimum atomic E-state index is -0.970. The van der Waals surface area contributed by atoms with Crippen LogP contribution in [0.4, 0.5) is 0 Å². The molecule has 1 aromatic rings. The van der Waals surface area contributed by atoms with Crippen LogP contribution >= 0.6 is 0 Å². The molecule has 3 atom stereocenters. The summed E-state index contributed by atoms with van der Waals surface area (Å²) in [5.74, 6) is -0.990. The fourth-order valence-corrected chi connectivity index (χ4v) is 2.52. The number of carbonyl (C=O) groups is 2. The molecule has 1 aliphatic heterocycles. The summed E-state index contributed by atoms with van der Waals surface area (Å²) in [6.45, 7) is 3.72. The fourth-order valence-electron chi connectivity index (χ4n) is 2.52. The molecular formula is C17H22N2O4. The van der Waals surface area contributed by atoms with Crippen molar-refractivity contribution in [3.8, 4) is 0 Å². The Kier molecular flexibility index (Phi) is 5.52. The largest absolute Gasteiger partial charge is 0.404 e. The minimum absolute atomic E-state index is 0.164. The number of rotatable bonds is 7. The van der Waals surface area contributed by atoms with Gasteiger partial charge >= 0.3 is 0 Å². The normalized spacial score (nSPS) is 20.5. The Morgan fingerprint density at radius 2 is 2.00 bits per heavy atom. The van der Waals surface area contributed by atoms with Crippen molar-refractivity contribution < 1.29 is 19.2 Å². The summed E-state index contributed by atoms with van der Waals surface area (Å²) in [5.41, 5.74) is 6.09. The standard InChI is InChI=1S/C17H22N2O4/c1-11-9-15(13-7-5-4-6-8-13)23-19(11)14(10-12(2)22-3)16(20)17(18)21/h4-9,11-12,14H,10H2,1-3H3,(H2,18,21)/t11-,12?,14?/m0/s1. The van der Waals surface area contributed by atoms with Crippen LogP contribution in [-0.4, -0.2) is 42.1 Å². The molecule has 6 nitrogen and oxygen atoms in total. The Morgan fingerprint density at radius 3 is 2.57 bits per heavy atom. The Balaban J connectivity index is 2.20. The van der Waals surface area contributed by atoms with Gasteiger partial charge in [0.25, 0.3) is 5.91 Å². The first kappa shape index (κ1) is 17.2. The van der Waals surface area contributed by atoms with Crippen LogP contribution in [0, 0.1) is 0 Å². The number of hydrogen-bond acceptors (Lipinski definition) is 5. The second kappa shape index (κ2) is 7.39. The molecule has 0 radical (unpaired) electrons. The SMILES string of the molecule is COC(C)CC(C(=O)C(N)=O)N1OC(c2ccccc2)=C[C@@H]1C. The highest BCUT2D eigenvalue weighted by Gasteiger charge is 2.38. The number of nitrogens with zero attached hydrogens (tertiary/aromatic N) is 1. The number of nitrogens with two attached hydrogens (primary N) is 1. The molecule has 23 heavy (non-hydrogen) atoms. The zero-order valence-corrected chi connectivity index (χ0v) is 13.6. The number of hydroxylamine groups is 2. The number of amides is 1. The first-order valence-electron chi connectivity index (χ1n) is 7.54. The lowest BCUT2D eigenvalue weighted by Gasteiger charge is -2.29. The van der Waals surface area contributed by atoms with E-state index in [1.165, 1.54) is 5.06 Å². The molecule has 6 heteroatoms. The van der Waals surface area contributed by atoms with Crippen molar-refractivity contribution in [3.63, 3.8) is 0 Å². The Morgan fingerprint density at radius 1 is 1.35 bits per heavy atom. The van der Waals surface area contributed by atoms with Crippen LogP contribution in [0.15, 0.2) is 36.4 Å². The molecule has 1 aromatic carbocycles. The van der Waals surface area contributed by atoms with Crippen LogP contribution < -0.4 is 5.73 Å². The lowest BCUT2D eigenvalue weighted by Crippen LogP contribution is -2.48. The van der Waals surface area contributed by atoms with Crippen LogP contribution in [0.2, 0.25) is 0 Å². The summed E-state index contributed by atoms with van der Waals surface area (Å²) in [5, 5.41) is 1.52. The van der Waals surface area contributed by atoms with Crippen LogP contribution in [0.3, 0.4) is 0 Å². The number of benzene rings is 1. The number of ketones is 1. The summed E-state index contributed by atoms with van der Waals surface area (Å²) in [7, 11) is 1.55. The van der Waals surface area contributed by atoms with Crippen molar-refractivity contribution in [1.29, 1.82) is 0 Å². The second-order valence-electron chi connectivity index (χ2n) is 5.62. The number of carbonyl (C=O) groups excluding carboxylic acids is 2. The zero-order valence-electron chi connectivity index (χ0n) is 13.6. The molecule has 2 rings (SSSR count). The van der Waals surface area contributed by atoms with E-state index in [0.717, 1.165) is 5.56 Å². The summed E-state index contributed by atoms with van der Waals surface area (Å²) >= 11 is 0. The van der Waals surface area contributed by atoms with Gasteiger partial charge in [0, 0.05) is 12.7 Å². The van der Waals surface area contributed by atoms with Crippen molar-refractivity contribution >= 4 is 17.4 Å². The van der Waals surface area contributed by atoms with Crippen LogP contribution in [0.1, 0.15) is 25.8 Å². The van der Waals surface area contributed by atoms with Gasteiger partial charge in [-0.25, -0.2) is 0 Å². The third kappa shape index (κ3) is 3.97. The third-order valence-electron chi connectivity index (χ3n) is 3.87. The van der Waals surface area contributed by atoms with Crippen molar-refractivity contribution in [2.45, 2.75) is 38.5 Å². The molecule has 0 aliphatic carbocycles. The second-order valence-corrected chi connectivity index (χ2v) is 5.62. The van der Waals surface area contributed by atoms with Crippen molar-refractivity contribution in [2.24, 2.45) is 5.73 Å². The van der Waals surface area contributed by atoms with Crippen LogP contribution in [0.25, 0.3) is 5.76 Å². The van der Waals surface area contributed by atoms with E-state index in [2.05, 4.69) is 0 Å². The van der Waals surface area contributed by atoms with Gasteiger partial charge in [0.1, 0.15) is 6.04 Å². The number of methoxy groups -OCH3 is 1. The van der Waals surface area contributed by atoms with Gasteiger partial charge in [0.05, 0.1) is 12.1 Å². The molecule has 2 N–H and O–H groups in total. The molecule has 0 aromatic heterocycles. The molecule has 0 fully saturated rings. The predicted molar refractivity (Wildman–Crippen MR) is 85.9 cm³/mol. The van der Waals surface area contributed by atoms with E-state index < -0.39 is 17.7 Å². The molecule has 0 bridgehead atoms. The van der Waals surface area contributed by atoms with Gasteiger partial charge in [-0.1, -0.05) is 30.3 Å². The maximum Gasteiger partial charge on any atom is 0.286 e. The molecule has 0 saturated carbocycles. The maximum atomic E-state index is 12.2. The van der Waals surface area contributed by atoms with Crippen molar-refractivity contribution in [2.75, 3.05) is 7.11 Å². The Hall–Kier alpha value is -2.18. The van der Waals surface area contributed by atoms with Gasteiger partial charge in [0.2, 0.25) is 5.78 Å². The highest BCUT2D eigenvalue weighted by atomic mass is 16.7. The molecule has 1 amide bonds. The smallest absolute Gasteiger partial charge is 0.286 e. The first-order chi connectivity index (χ1) is 10.9. The molecular weight excluding hydrogens is 296 g/mol. The lowest BCUT2D eigenvalue weighted by molar-refractivity contribution is -0.161. The van der Waals surface area contributed by atoms with E-state index >= 15 is 0 Å². The quantitative estimate of drug-likeness (QED) is 0.771. The van der Waals surface area contributed by atoms with Gasteiger partial charge in [-0.05, 0) is 26.3 Å². The van der Waals surface area contributed by atoms with Gasteiger partial charge in [-0.2, -0.15) is 0 Å². The Labute approximate surface area is 135 Å². The Bertz CT molecular complexity index is 600. The monoisotopic (exact) mass is 318 g/mol. The van der Waals surface area contributed by atoms with E-state index in [-0.39, 0.29) is 12.1 Å². The molecule has 1 heterocycles. The third-order valence-corrected chi connectivity index (χ3v) is 3.87. The van der Waals surface area contributed by atoms with E-state index in [0.29, 0.717) is 12.2 Å². The van der Waals surface area contributed by atoms with Crippen LogP contribution in [0.5, 0.6) is 0 Å². The molecule has 124 valence electrons. The van der Waals surface area contributed by atoms with E-state index in [1.54, 1.807) is 7.11 Å². The number of ether oxygens (including phenoxy) is 1. The fraction of sp³-hybridized carbons (Fsp3) is 0.412. The molecule has 0 saturated heterocycles. The van der Waals surface area contributed by atoms with Gasteiger partial charge < -0.3 is 15.3 Å².